The molecule has 0 saturated carbocycles. The van der Waals surface area contributed by atoms with E-state index in [-0.39, 0.29) is 0 Å². The van der Waals surface area contributed by atoms with Crippen LogP contribution >= 0.6 is 0 Å². The molecule has 1 aromatic carbocycles. The monoisotopic (exact) mass is 261 g/mol. The highest BCUT2D eigenvalue weighted by Gasteiger charge is 2.15. The SMILES string of the molecule is Cc1ccc(OCCCC2CCN(C)CC2)cc1C. The number of piperidine rings is 1. The van der Waals surface area contributed by atoms with Gasteiger partial charge in [-0.05, 0) is 88.8 Å². The van der Waals surface area contributed by atoms with Crippen LogP contribution in [0.5, 0.6) is 5.75 Å². The fourth-order valence-corrected chi connectivity index (χ4v) is 2.72. The van der Waals surface area contributed by atoms with Crippen molar-refractivity contribution in [1.82, 2.24) is 4.90 Å². The van der Waals surface area contributed by atoms with Crippen molar-refractivity contribution in [2.24, 2.45) is 5.92 Å². The fourth-order valence-electron chi connectivity index (χ4n) is 2.72. The molecule has 1 aliphatic heterocycles. The van der Waals surface area contributed by atoms with E-state index in [1.807, 2.05) is 0 Å². The minimum Gasteiger partial charge on any atom is -0.494 e. The smallest absolute Gasteiger partial charge is 0.119 e. The molecule has 0 unspecified atom stereocenters. The molecule has 2 heteroatoms. The van der Waals surface area contributed by atoms with Gasteiger partial charge in [-0.2, -0.15) is 0 Å². The lowest BCUT2D eigenvalue weighted by molar-refractivity contribution is 0.200. The van der Waals surface area contributed by atoms with Gasteiger partial charge < -0.3 is 9.64 Å². The van der Waals surface area contributed by atoms with Crippen LogP contribution < -0.4 is 4.74 Å². The van der Waals surface area contributed by atoms with Crippen LogP contribution in [0.4, 0.5) is 0 Å². The van der Waals surface area contributed by atoms with Crippen LogP contribution in [0.3, 0.4) is 0 Å². The van der Waals surface area contributed by atoms with Crippen molar-refractivity contribution < 1.29 is 4.74 Å². The molecular formula is C17H27NO. The van der Waals surface area contributed by atoms with Gasteiger partial charge >= 0.3 is 0 Å². The highest BCUT2D eigenvalue weighted by molar-refractivity contribution is 5.33. The Morgan fingerprint density at radius 3 is 2.58 bits per heavy atom. The lowest BCUT2D eigenvalue weighted by Crippen LogP contribution is -2.30. The lowest BCUT2D eigenvalue weighted by Gasteiger charge is -2.28. The lowest BCUT2D eigenvalue weighted by atomic mass is 9.93. The average molecular weight is 261 g/mol. The third-order valence-electron chi connectivity index (χ3n) is 4.34. The molecule has 19 heavy (non-hydrogen) atoms. The number of ether oxygens (including phenoxy) is 1. The maximum absolute atomic E-state index is 5.84. The molecule has 1 saturated heterocycles. The molecule has 106 valence electrons. The summed E-state index contributed by atoms with van der Waals surface area (Å²) in [6.07, 6.45) is 5.22. The van der Waals surface area contributed by atoms with Crippen LogP contribution in [0, 0.1) is 19.8 Å². The van der Waals surface area contributed by atoms with E-state index in [0.717, 1.165) is 18.3 Å². The van der Waals surface area contributed by atoms with Gasteiger partial charge in [-0.3, -0.25) is 0 Å². The van der Waals surface area contributed by atoms with Crippen LogP contribution in [0.25, 0.3) is 0 Å². The number of nitrogens with zero attached hydrogens (tertiary/aromatic N) is 1. The maximum Gasteiger partial charge on any atom is 0.119 e. The van der Waals surface area contributed by atoms with Crippen LogP contribution in [-0.4, -0.2) is 31.6 Å². The minimum atomic E-state index is 0.856. The predicted octanol–water partition coefficient (Wildman–Crippen LogP) is 3.80. The standard InChI is InChI=1S/C17H27NO/c1-14-6-7-17(13-15(14)2)19-12-4-5-16-8-10-18(3)11-9-16/h6-7,13,16H,4-5,8-12H2,1-3H3. The van der Waals surface area contributed by atoms with E-state index in [1.165, 1.54) is 49.9 Å². The number of aryl methyl sites for hydroxylation is 2. The minimum absolute atomic E-state index is 0.856. The summed E-state index contributed by atoms with van der Waals surface area (Å²) in [5, 5.41) is 0. The highest BCUT2D eigenvalue weighted by atomic mass is 16.5. The molecule has 1 aliphatic rings. The molecule has 0 amide bonds. The third-order valence-corrected chi connectivity index (χ3v) is 4.34. The first-order chi connectivity index (χ1) is 9.15. The number of likely N-dealkylation sites (tertiary alicyclic amines) is 1. The quantitative estimate of drug-likeness (QED) is 0.747. The van der Waals surface area contributed by atoms with E-state index >= 15 is 0 Å². The summed E-state index contributed by atoms with van der Waals surface area (Å²) in [5.41, 5.74) is 2.64. The van der Waals surface area contributed by atoms with Crippen molar-refractivity contribution >= 4 is 0 Å². The Bertz CT molecular complexity index is 394. The molecule has 1 aromatic rings. The average Bonchev–Trinajstić information content (AvgIpc) is 2.41. The second-order valence-corrected chi connectivity index (χ2v) is 5.98. The maximum atomic E-state index is 5.84. The molecule has 0 radical (unpaired) electrons. The normalized spacial score (nSPS) is 17.6. The summed E-state index contributed by atoms with van der Waals surface area (Å²) in [5.74, 6) is 1.94. The highest BCUT2D eigenvalue weighted by Crippen LogP contribution is 2.21. The summed E-state index contributed by atoms with van der Waals surface area (Å²) in [6.45, 7) is 7.67. The second-order valence-electron chi connectivity index (χ2n) is 5.98. The van der Waals surface area contributed by atoms with Gasteiger partial charge in [-0.15, -0.1) is 0 Å². The van der Waals surface area contributed by atoms with Crippen molar-refractivity contribution in [3.63, 3.8) is 0 Å². The topological polar surface area (TPSA) is 12.5 Å². The van der Waals surface area contributed by atoms with E-state index in [4.69, 9.17) is 4.74 Å². The Hall–Kier alpha value is -1.02. The molecule has 1 fully saturated rings. The summed E-state index contributed by atoms with van der Waals surface area (Å²) in [6, 6.07) is 6.37. The molecule has 2 rings (SSSR count). The van der Waals surface area contributed by atoms with Gasteiger partial charge in [0.05, 0.1) is 6.61 Å². The number of rotatable bonds is 5. The Morgan fingerprint density at radius 1 is 1.16 bits per heavy atom. The van der Waals surface area contributed by atoms with Gasteiger partial charge in [-0.25, -0.2) is 0 Å². The van der Waals surface area contributed by atoms with Crippen LogP contribution in [0.15, 0.2) is 18.2 Å². The molecule has 0 spiro atoms. The zero-order chi connectivity index (χ0) is 13.7. The van der Waals surface area contributed by atoms with Crippen molar-refractivity contribution in [3.8, 4) is 5.75 Å². The van der Waals surface area contributed by atoms with Crippen molar-refractivity contribution in [1.29, 1.82) is 0 Å². The molecular weight excluding hydrogens is 234 g/mol. The number of hydrogen-bond donors (Lipinski definition) is 0. The Kier molecular flexibility index (Phi) is 5.26. The summed E-state index contributed by atoms with van der Waals surface area (Å²) < 4.78 is 5.84. The molecule has 0 aromatic heterocycles. The molecule has 0 N–H and O–H groups in total. The molecule has 0 aliphatic carbocycles. The molecule has 0 bridgehead atoms. The molecule has 2 nitrogen and oxygen atoms in total. The predicted molar refractivity (Wildman–Crippen MR) is 80.9 cm³/mol. The van der Waals surface area contributed by atoms with Crippen LogP contribution in [-0.2, 0) is 0 Å². The summed E-state index contributed by atoms with van der Waals surface area (Å²) >= 11 is 0. The summed E-state index contributed by atoms with van der Waals surface area (Å²) in [7, 11) is 2.22. The van der Waals surface area contributed by atoms with E-state index in [9.17, 15) is 0 Å². The van der Waals surface area contributed by atoms with Gasteiger partial charge in [-0.1, -0.05) is 6.07 Å². The first-order valence-electron chi connectivity index (χ1n) is 7.54. The Labute approximate surface area is 117 Å². The van der Waals surface area contributed by atoms with E-state index < -0.39 is 0 Å². The van der Waals surface area contributed by atoms with E-state index in [1.54, 1.807) is 0 Å². The number of benzene rings is 1. The fraction of sp³-hybridized carbons (Fsp3) is 0.647. The van der Waals surface area contributed by atoms with Crippen LogP contribution in [0.2, 0.25) is 0 Å². The van der Waals surface area contributed by atoms with Crippen molar-refractivity contribution in [2.45, 2.75) is 39.5 Å². The first-order valence-corrected chi connectivity index (χ1v) is 7.54. The van der Waals surface area contributed by atoms with E-state index in [0.29, 0.717) is 0 Å². The van der Waals surface area contributed by atoms with Gasteiger partial charge in [0, 0.05) is 0 Å². The van der Waals surface area contributed by atoms with Crippen molar-refractivity contribution in [3.05, 3.63) is 29.3 Å². The van der Waals surface area contributed by atoms with Crippen molar-refractivity contribution in [2.75, 3.05) is 26.7 Å². The van der Waals surface area contributed by atoms with Gasteiger partial charge in [0.1, 0.15) is 5.75 Å². The van der Waals surface area contributed by atoms with Crippen LogP contribution in [0.1, 0.15) is 36.8 Å². The Balaban J connectivity index is 1.65. The number of hydrogen-bond acceptors (Lipinski definition) is 2. The second kappa shape index (κ2) is 6.95. The first kappa shape index (κ1) is 14.4. The van der Waals surface area contributed by atoms with Gasteiger partial charge in [0.15, 0.2) is 0 Å². The zero-order valence-electron chi connectivity index (χ0n) is 12.6. The molecule has 0 atom stereocenters. The zero-order valence-corrected chi connectivity index (χ0v) is 12.6. The largest absolute Gasteiger partial charge is 0.494 e. The van der Waals surface area contributed by atoms with Gasteiger partial charge in [0.25, 0.3) is 0 Å². The third kappa shape index (κ3) is 4.54. The van der Waals surface area contributed by atoms with E-state index in [2.05, 4.69) is 44.0 Å². The molecule has 1 heterocycles. The Morgan fingerprint density at radius 2 is 1.89 bits per heavy atom. The van der Waals surface area contributed by atoms with Gasteiger partial charge in [0.2, 0.25) is 0 Å². The summed E-state index contributed by atoms with van der Waals surface area (Å²) in [4.78, 5) is 2.43.